The van der Waals surface area contributed by atoms with Crippen LogP contribution in [0.2, 0.25) is 0 Å². The molecule has 0 aliphatic heterocycles. The summed E-state index contributed by atoms with van der Waals surface area (Å²) >= 11 is 18.8. The van der Waals surface area contributed by atoms with Gasteiger partial charge >= 0.3 is 20.9 Å². The maximum absolute atomic E-state index is 12.9. The lowest BCUT2D eigenvalue weighted by molar-refractivity contribution is -0.0707. The van der Waals surface area contributed by atoms with Gasteiger partial charge in [-0.1, -0.05) is 34.8 Å². The highest BCUT2D eigenvalue weighted by molar-refractivity contribution is 7.87. The van der Waals surface area contributed by atoms with Crippen molar-refractivity contribution >= 4 is 56.5 Å². The summed E-state index contributed by atoms with van der Waals surface area (Å²) in [5.41, 5.74) is -5.88. The van der Waals surface area contributed by atoms with Crippen LogP contribution in [0.25, 0.3) is 0 Å². The van der Waals surface area contributed by atoms with E-state index in [-0.39, 0.29) is 0 Å². The minimum atomic E-state index is -6.30. The summed E-state index contributed by atoms with van der Waals surface area (Å²) in [6, 6.07) is 0. The van der Waals surface area contributed by atoms with Crippen molar-refractivity contribution in [1.82, 2.24) is 0 Å². The van der Waals surface area contributed by atoms with E-state index < -0.39 is 24.7 Å². The lowest BCUT2D eigenvalue weighted by Gasteiger charge is -2.24. The van der Waals surface area contributed by atoms with Gasteiger partial charge in [0, 0.05) is 0 Å². The molecule has 12 heteroatoms. The number of hydrogen-bond acceptors (Lipinski definition) is 3. The normalized spacial score (nSPS) is 18.7. The molecule has 0 spiro atoms. The molecule has 0 heterocycles. The Morgan fingerprint density at radius 3 is 1.47 bits per heavy atom. The van der Waals surface area contributed by atoms with Gasteiger partial charge in [-0.25, -0.2) is 4.18 Å². The molecule has 0 fully saturated rings. The first-order chi connectivity index (χ1) is 6.21. The average Bonchev–Trinajstić information content (AvgIpc) is 1.77. The van der Waals surface area contributed by atoms with Crippen LogP contribution in [0.4, 0.5) is 17.6 Å². The van der Waals surface area contributed by atoms with Gasteiger partial charge in [0.05, 0.1) is 0 Å². The van der Waals surface area contributed by atoms with Gasteiger partial charge < -0.3 is 0 Å². The van der Waals surface area contributed by atoms with Crippen LogP contribution in [0.15, 0.2) is 0 Å². The van der Waals surface area contributed by atoms with Crippen LogP contribution in [0.1, 0.15) is 0 Å². The molecule has 0 aromatic rings. The lowest BCUT2D eigenvalue weighted by atomic mass is 10.8. The zero-order chi connectivity index (χ0) is 12.7. The minimum Gasteiger partial charge on any atom is -0.204 e. The molecule has 0 bridgehead atoms. The van der Waals surface area contributed by atoms with Crippen molar-refractivity contribution in [1.29, 1.82) is 0 Å². The molecular weight excluding hydrogens is 334 g/mol. The molecule has 92 valence electrons. The Balaban J connectivity index is 5.08. The zero-order valence-electron chi connectivity index (χ0n) is 6.16. The number of rotatable bonds is 2. The molecule has 0 aliphatic rings. The predicted octanol–water partition coefficient (Wildman–Crippen LogP) is 3.08. The van der Waals surface area contributed by atoms with Crippen molar-refractivity contribution in [2.24, 2.45) is 0 Å². The molecule has 1 atom stereocenters. The van der Waals surface area contributed by atoms with Crippen LogP contribution in [0, 0.1) is 0 Å². The second-order valence-corrected chi connectivity index (χ2v) is 6.30. The second-order valence-electron chi connectivity index (χ2n) is 2.00. The Hall–Kier alpha value is 0.790. The Morgan fingerprint density at radius 1 is 0.933 bits per heavy atom. The molecule has 0 amide bonds. The van der Waals surface area contributed by atoms with Gasteiger partial charge in [0.2, 0.25) is 0 Å². The summed E-state index contributed by atoms with van der Waals surface area (Å²) in [4.78, 5) is 0. The summed E-state index contributed by atoms with van der Waals surface area (Å²) in [6.07, 6.45) is 0. The molecule has 1 unspecified atom stereocenters. The third-order valence-corrected chi connectivity index (χ3v) is 3.32. The van der Waals surface area contributed by atoms with E-state index in [1.807, 2.05) is 0 Å². The molecule has 3 nitrogen and oxygen atoms in total. The second kappa shape index (κ2) is 4.23. The van der Waals surface area contributed by atoms with Crippen LogP contribution >= 0.6 is 46.4 Å². The highest BCUT2D eigenvalue weighted by Gasteiger charge is 2.59. The molecule has 0 aliphatic carbocycles. The molecule has 0 aromatic heterocycles. The minimum absolute atomic E-state index is 2.90. The summed E-state index contributed by atoms with van der Waals surface area (Å²) in [6.45, 7) is 0. The quantitative estimate of drug-likeness (QED) is 0.337. The van der Waals surface area contributed by atoms with Crippen molar-refractivity contribution < 1.29 is 30.2 Å². The van der Waals surface area contributed by atoms with Crippen molar-refractivity contribution in [2.75, 3.05) is 0 Å². The maximum Gasteiger partial charge on any atom is 0.523 e. The van der Waals surface area contributed by atoms with E-state index in [0.717, 1.165) is 0 Å². The fraction of sp³-hybridized carbons (Fsp3) is 1.00. The van der Waals surface area contributed by atoms with Gasteiger partial charge in [0.15, 0.2) is 0 Å². The Morgan fingerprint density at radius 2 is 1.27 bits per heavy atom. The SMILES string of the molecule is O=S(=O)(OC(F)(Cl)C(Cl)(Cl)Cl)C(F)(F)F. The van der Waals surface area contributed by atoms with Crippen LogP contribution in [-0.4, -0.2) is 23.0 Å². The van der Waals surface area contributed by atoms with E-state index in [0.29, 0.717) is 0 Å². The van der Waals surface area contributed by atoms with Gasteiger partial charge in [0.25, 0.3) is 3.79 Å². The van der Waals surface area contributed by atoms with Gasteiger partial charge in [-0.2, -0.15) is 26.0 Å². The number of hydrogen-bond donors (Lipinski definition) is 0. The largest absolute Gasteiger partial charge is 0.523 e. The van der Waals surface area contributed by atoms with Crippen LogP contribution in [0.5, 0.6) is 0 Å². The summed E-state index contributed by atoms with van der Waals surface area (Å²) in [5, 5.41) is -4.16. The van der Waals surface area contributed by atoms with Crippen LogP contribution in [-0.2, 0) is 14.3 Å². The molecule has 0 rings (SSSR count). The summed E-state index contributed by atoms with van der Waals surface area (Å²) in [7, 11) is -6.30. The van der Waals surface area contributed by atoms with Crippen molar-refractivity contribution in [3.8, 4) is 0 Å². The van der Waals surface area contributed by atoms with Crippen molar-refractivity contribution in [3.63, 3.8) is 0 Å². The Bertz CT molecular complexity index is 330. The van der Waals surface area contributed by atoms with E-state index in [2.05, 4.69) is 15.8 Å². The van der Waals surface area contributed by atoms with E-state index in [9.17, 15) is 26.0 Å². The van der Waals surface area contributed by atoms with Crippen molar-refractivity contribution in [3.05, 3.63) is 0 Å². The van der Waals surface area contributed by atoms with E-state index in [1.54, 1.807) is 0 Å². The first kappa shape index (κ1) is 15.8. The van der Waals surface area contributed by atoms with Gasteiger partial charge in [0.1, 0.15) is 0 Å². The van der Waals surface area contributed by atoms with E-state index >= 15 is 0 Å². The van der Waals surface area contributed by atoms with Gasteiger partial charge in [-0.3, -0.25) is 0 Å². The van der Waals surface area contributed by atoms with Gasteiger partial charge in [-0.05, 0) is 11.6 Å². The third-order valence-electron chi connectivity index (χ3n) is 0.828. The molecule has 0 saturated carbocycles. The Labute approximate surface area is 101 Å². The Kier molecular flexibility index (Phi) is 4.45. The highest BCUT2D eigenvalue weighted by Crippen LogP contribution is 2.47. The fourth-order valence-corrected chi connectivity index (χ4v) is 1.23. The number of halogens is 8. The molecule has 15 heavy (non-hydrogen) atoms. The molecule has 0 saturated heterocycles. The summed E-state index contributed by atoms with van der Waals surface area (Å²) < 4.78 is 68.2. The molecule has 0 radical (unpaired) electrons. The average molecular weight is 334 g/mol. The van der Waals surface area contributed by atoms with E-state index in [1.165, 1.54) is 0 Å². The van der Waals surface area contributed by atoms with Gasteiger partial charge in [-0.15, -0.1) is 0 Å². The zero-order valence-corrected chi connectivity index (χ0v) is 10.00. The monoisotopic (exact) mass is 332 g/mol. The molecule has 0 N–H and O–H groups in total. The van der Waals surface area contributed by atoms with Crippen molar-refractivity contribution in [2.45, 2.75) is 14.6 Å². The topological polar surface area (TPSA) is 43.4 Å². The molecule has 0 aromatic carbocycles. The van der Waals surface area contributed by atoms with Crippen LogP contribution < -0.4 is 0 Å². The predicted molar refractivity (Wildman–Crippen MR) is 46.0 cm³/mol. The third kappa shape index (κ3) is 3.94. The maximum atomic E-state index is 12.9. The first-order valence-corrected chi connectivity index (χ1v) is 5.59. The molecular formula is C3Cl4F4O3S. The standard InChI is InChI=1S/C3Cl4F4O3S/c4-1(5,6)2(7,8)14-15(12,13)3(9,10)11. The highest BCUT2D eigenvalue weighted by atomic mass is 35.6. The lowest BCUT2D eigenvalue weighted by Crippen LogP contribution is -2.41. The van der Waals surface area contributed by atoms with Crippen LogP contribution in [0.3, 0.4) is 0 Å². The smallest absolute Gasteiger partial charge is 0.204 e. The van der Waals surface area contributed by atoms with E-state index in [4.69, 9.17) is 34.8 Å². The number of alkyl halides is 8. The fourth-order valence-electron chi connectivity index (χ4n) is 0.232. The first-order valence-electron chi connectivity index (χ1n) is 2.67. The summed E-state index contributed by atoms with van der Waals surface area (Å²) in [5.74, 6) is 0.